The summed E-state index contributed by atoms with van der Waals surface area (Å²) in [6, 6.07) is 6.52. The summed E-state index contributed by atoms with van der Waals surface area (Å²) in [7, 11) is 0. The van der Waals surface area contributed by atoms with Gasteiger partial charge in [0.15, 0.2) is 0 Å². The molecule has 2 aromatic rings. The second-order valence-corrected chi connectivity index (χ2v) is 5.58. The largest absolute Gasteiger partial charge is 0.417 e. The van der Waals surface area contributed by atoms with Crippen LogP contribution in [0.3, 0.4) is 0 Å². The van der Waals surface area contributed by atoms with Crippen LogP contribution in [-0.4, -0.2) is 4.57 Å². The van der Waals surface area contributed by atoms with Gasteiger partial charge in [-0.3, -0.25) is 9.36 Å². The van der Waals surface area contributed by atoms with Gasteiger partial charge in [0.1, 0.15) is 0 Å². The predicted molar refractivity (Wildman–Crippen MR) is 72.4 cm³/mol. The molecule has 0 saturated carbocycles. The lowest BCUT2D eigenvalue weighted by molar-refractivity contribution is -0.138. The highest BCUT2D eigenvalue weighted by Crippen LogP contribution is 2.29. The molecule has 100 valence electrons. The van der Waals surface area contributed by atoms with Crippen LogP contribution in [0.15, 0.2) is 50.3 Å². The molecule has 0 aliphatic rings. The summed E-state index contributed by atoms with van der Waals surface area (Å²) in [5.41, 5.74) is -1.06. The van der Waals surface area contributed by atoms with Crippen LogP contribution < -0.4 is 5.56 Å². The van der Waals surface area contributed by atoms with Gasteiger partial charge in [-0.25, -0.2) is 0 Å². The topological polar surface area (TPSA) is 22.0 Å². The maximum Gasteiger partial charge on any atom is 0.417 e. The highest BCUT2D eigenvalue weighted by atomic mass is 79.9. The van der Waals surface area contributed by atoms with Gasteiger partial charge >= 0.3 is 6.18 Å². The van der Waals surface area contributed by atoms with Crippen LogP contribution in [0.25, 0.3) is 5.69 Å². The zero-order chi connectivity index (χ0) is 14.2. The van der Waals surface area contributed by atoms with Gasteiger partial charge in [-0.05, 0) is 24.3 Å². The van der Waals surface area contributed by atoms with E-state index >= 15 is 0 Å². The van der Waals surface area contributed by atoms with Crippen LogP contribution in [-0.2, 0) is 6.18 Å². The summed E-state index contributed by atoms with van der Waals surface area (Å²) in [6.07, 6.45) is -3.70. The zero-order valence-electron chi connectivity index (χ0n) is 9.21. The highest BCUT2D eigenvalue weighted by Gasteiger charge is 2.31. The van der Waals surface area contributed by atoms with Crippen LogP contribution in [0, 0.1) is 0 Å². The molecule has 0 spiro atoms. The molecule has 0 radical (unpaired) electrons. The molecule has 1 aromatic heterocycles. The summed E-state index contributed by atoms with van der Waals surface area (Å²) in [5, 5.41) is 0. The average molecular weight is 397 g/mol. The fraction of sp³-hybridized carbons (Fsp3) is 0.0833. The molecule has 0 fully saturated rings. The maximum absolute atomic E-state index is 12.6. The predicted octanol–water partition coefficient (Wildman–Crippen LogP) is 4.38. The van der Waals surface area contributed by atoms with Crippen LogP contribution in [0.5, 0.6) is 0 Å². The Morgan fingerprint density at radius 2 is 1.58 bits per heavy atom. The summed E-state index contributed by atoms with van der Waals surface area (Å²) < 4.78 is 40.2. The lowest BCUT2D eigenvalue weighted by Crippen LogP contribution is -2.19. The van der Waals surface area contributed by atoms with Gasteiger partial charge in [0, 0.05) is 21.2 Å². The lowest BCUT2D eigenvalue weighted by atomic mass is 10.2. The molecule has 1 aromatic carbocycles. The number of nitrogens with zero attached hydrogens (tertiary/aromatic N) is 1. The van der Waals surface area contributed by atoms with Crippen molar-refractivity contribution in [2.75, 3.05) is 0 Å². The summed E-state index contributed by atoms with van der Waals surface area (Å²) in [4.78, 5) is 11.7. The molecule has 0 bridgehead atoms. The number of hydrogen-bond donors (Lipinski definition) is 0. The molecule has 0 amide bonds. The van der Waals surface area contributed by atoms with Crippen molar-refractivity contribution in [3.63, 3.8) is 0 Å². The first-order chi connectivity index (χ1) is 8.77. The van der Waals surface area contributed by atoms with Crippen molar-refractivity contribution in [2.45, 2.75) is 6.18 Å². The summed E-state index contributed by atoms with van der Waals surface area (Å²) >= 11 is 6.45. The van der Waals surface area contributed by atoms with E-state index in [1.807, 2.05) is 0 Å². The quantitative estimate of drug-likeness (QED) is 0.701. The van der Waals surface area contributed by atoms with Crippen molar-refractivity contribution in [3.05, 3.63) is 61.4 Å². The minimum atomic E-state index is -4.49. The minimum Gasteiger partial charge on any atom is -0.284 e. The van der Waals surface area contributed by atoms with Crippen molar-refractivity contribution in [3.8, 4) is 5.69 Å². The fourth-order valence-electron chi connectivity index (χ4n) is 1.53. The van der Waals surface area contributed by atoms with E-state index in [0.29, 0.717) is 14.6 Å². The monoisotopic (exact) mass is 395 g/mol. The molecule has 0 saturated heterocycles. The molecular weight excluding hydrogens is 391 g/mol. The first-order valence-corrected chi connectivity index (χ1v) is 6.62. The Labute approximate surface area is 123 Å². The molecule has 0 aliphatic heterocycles. The van der Waals surface area contributed by atoms with Crippen molar-refractivity contribution in [1.82, 2.24) is 4.57 Å². The molecule has 0 aliphatic carbocycles. The normalized spacial score (nSPS) is 11.6. The number of benzene rings is 1. The number of rotatable bonds is 1. The number of halogens is 5. The third-order valence-electron chi connectivity index (χ3n) is 2.36. The molecular formula is C12H6Br2F3NO. The van der Waals surface area contributed by atoms with E-state index in [2.05, 4.69) is 31.9 Å². The van der Waals surface area contributed by atoms with Crippen molar-refractivity contribution < 1.29 is 13.2 Å². The van der Waals surface area contributed by atoms with Gasteiger partial charge in [0.25, 0.3) is 5.56 Å². The second kappa shape index (κ2) is 5.13. The molecule has 2 rings (SSSR count). The SMILES string of the molecule is O=c1ccc(C(F)(F)F)cn1-c1cc(Br)cc(Br)c1. The van der Waals surface area contributed by atoms with Crippen LogP contribution >= 0.6 is 31.9 Å². The van der Waals surface area contributed by atoms with Crippen LogP contribution in [0.4, 0.5) is 13.2 Å². The van der Waals surface area contributed by atoms with Crippen molar-refractivity contribution >= 4 is 31.9 Å². The van der Waals surface area contributed by atoms with Gasteiger partial charge in [0.2, 0.25) is 0 Å². The van der Waals surface area contributed by atoms with E-state index in [-0.39, 0.29) is 0 Å². The summed E-state index contributed by atoms with van der Waals surface area (Å²) in [5.74, 6) is 0. The molecule has 19 heavy (non-hydrogen) atoms. The third-order valence-corrected chi connectivity index (χ3v) is 3.28. The van der Waals surface area contributed by atoms with E-state index in [0.717, 1.165) is 22.9 Å². The molecule has 0 unspecified atom stereocenters. The van der Waals surface area contributed by atoms with Gasteiger partial charge in [-0.1, -0.05) is 31.9 Å². The smallest absolute Gasteiger partial charge is 0.284 e. The third kappa shape index (κ3) is 3.27. The molecule has 7 heteroatoms. The van der Waals surface area contributed by atoms with Gasteiger partial charge in [0.05, 0.1) is 11.3 Å². The Balaban J connectivity index is 2.64. The van der Waals surface area contributed by atoms with E-state index in [9.17, 15) is 18.0 Å². The zero-order valence-corrected chi connectivity index (χ0v) is 12.4. The Bertz CT molecular complexity index is 659. The van der Waals surface area contributed by atoms with E-state index < -0.39 is 17.3 Å². The highest BCUT2D eigenvalue weighted by molar-refractivity contribution is 9.11. The Morgan fingerprint density at radius 3 is 2.11 bits per heavy atom. The second-order valence-electron chi connectivity index (χ2n) is 3.75. The number of alkyl halides is 3. The number of aromatic nitrogens is 1. The molecule has 1 heterocycles. The Hall–Kier alpha value is -1.08. The minimum absolute atomic E-state index is 0.345. The van der Waals surface area contributed by atoms with Crippen LogP contribution in [0.1, 0.15) is 5.56 Å². The van der Waals surface area contributed by atoms with Gasteiger partial charge < -0.3 is 0 Å². The van der Waals surface area contributed by atoms with Gasteiger partial charge in [-0.2, -0.15) is 13.2 Å². The first kappa shape index (κ1) is 14.3. The van der Waals surface area contributed by atoms with E-state index in [1.165, 1.54) is 0 Å². The van der Waals surface area contributed by atoms with Crippen molar-refractivity contribution in [1.29, 1.82) is 0 Å². The fourth-order valence-corrected chi connectivity index (χ4v) is 2.80. The van der Waals surface area contributed by atoms with E-state index in [1.54, 1.807) is 18.2 Å². The lowest BCUT2D eigenvalue weighted by Gasteiger charge is -2.11. The molecule has 0 N–H and O–H groups in total. The Morgan fingerprint density at radius 1 is 1.00 bits per heavy atom. The Kier molecular flexibility index (Phi) is 3.87. The van der Waals surface area contributed by atoms with Crippen molar-refractivity contribution in [2.24, 2.45) is 0 Å². The average Bonchev–Trinajstić information content (AvgIpc) is 2.26. The first-order valence-electron chi connectivity index (χ1n) is 5.04. The number of hydrogen-bond acceptors (Lipinski definition) is 1. The molecule has 2 nitrogen and oxygen atoms in total. The van der Waals surface area contributed by atoms with Crippen LogP contribution in [0.2, 0.25) is 0 Å². The maximum atomic E-state index is 12.6. The standard InChI is InChI=1S/C12H6Br2F3NO/c13-8-3-9(14)5-10(4-8)18-6-7(12(15,16)17)1-2-11(18)19/h1-6H. The van der Waals surface area contributed by atoms with Gasteiger partial charge in [-0.15, -0.1) is 0 Å². The molecule has 0 atom stereocenters. The van der Waals surface area contributed by atoms with E-state index in [4.69, 9.17) is 0 Å². The number of pyridine rings is 1. The summed E-state index contributed by atoms with van der Waals surface area (Å²) in [6.45, 7) is 0.